The molecule has 4 unspecified atom stereocenters. The van der Waals surface area contributed by atoms with Gasteiger partial charge in [0.25, 0.3) is 0 Å². The third-order valence-corrected chi connectivity index (χ3v) is 7.56. The Morgan fingerprint density at radius 1 is 0.688 bits per heavy atom. The Morgan fingerprint density at radius 2 is 1.06 bits per heavy atom. The molecule has 6 nitrogen and oxygen atoms in total. The molecule has 2 saturated carbocycles. The minimum atomic E-state index is -0.385. The number of carbonyl (C=O) groups excluding carboxylic acids is 1. The number of nitrogens with zero attached hydrogens (tertiary/aromatic N) is 3. The SMILES string of the molecule is C1CC1N1C2CCC1CNC2.CC(C)(C)OC(=O)N1CC2CCC(C1)N2C1CC1.Cl.Cl.Cl. The minimum absolute atomic E-state index is 0. The van der Waals surface area contributed by atoms with Crippen LogP contribution >= 0.6 is 37.2 Å². The van der Waals surface area contributed by atoms with E-state index in [1.54, 1.807) is 0 Å². The predicted molar refractivity (Wildman–Crippen MR) is 136 cm³/mol. The second-order valence-electron chi connectivity index (χ2n) is 11.2. The fourth-order valence-corrected chi connectivity index (χ4v) is 6.16. The first kappa shape index (κ1) is 28.3. The van der Waals surface area contributed by atoms with Crippen molar-refractivity contribution in [2.24, 2.45) is 0 Å². The van der Waals surface area contributed by atoms with Crippen LogP contribution in [-0.2, 0) is 4.74 Å². The summed E-state index contributed by atoms with van der Waals surface area (Å²) in [6.45, 7) is 10.0. The lowest BCUT2D eigenvalue weighted by Crippen LogP contribution is -2.56. The smallest absolute Gasteiger partial charge is 0.410 e. The highest BCUT2D eigenvalue weighted by molar-refractivity contribution is 5.86. The van der Waals surface area contributed by atoms with Crippen LogP contribution in [0.3, 0.4) is 0 Å². The summed E-state index contributed by atoms with van der Waals surface area (Å²) < 4.78 is 5.48. The van der Waals surface area contributed by atoms with Gasteiger partial charge in [0.05, 0.1) is 0 Å². The Kier molecular flexibility index (Phi) is 9.87. The molecule has 188 valence electrons. The number of amides is 1. The van der Waals surface area contributed by atoms with Crippen molar-refractivity contribution in [1.29, 1.82) is 0 Å². The van der Waals surface area contributed by atoms with Crippen LogP contribution in [-0.4, -0.2) is 88.8 Å². The zero-order valence-corrected chi connectivity index (χ0v) is 22.3. The first-order valence-corrected chi connectivity index (χ1v) is 12.1. The van der Waals surface area contributed by atoms with Crippen LogP contribution in [0.2, 0.25) is 0 Å². The lowest BCUT2D eigenvalue weighted by atomic mass is 10.2. The maximum Gasteiger partial charge on any atom is 0.410 e. The molecular formula is C23H43Cl3N4O2. The van der Waals surface area contributed by atoms with Gasteiger partial charge in [-0.25, -0.2) is 4.79 Å². The molecule has 6 fully saturated rings. The van der Waals surface area contributed by atoms with Crippen molar-refractivity contribution in [2.45, 2.75) is 114 Å². The lowest BCUT2D eigenvalue weighted by molar-refractivity contribution is -0.000244. The summed E-state index contributed by atoms with van der Waals surface area (Å²) in [6.07, 6.45) is 11.0. The Labute approximate surface area is 212 Å². The minimum Gasteiger partial charge on any atom is -0.444 e. The molecule has 4 heterocycles. The zero-order valence-electron chi connectivity index (χ0n) is 19.8. The van der Waals surface area contributed by atoms with Gasteiger partial charge in [0.1, 0.15) is 5.60 Å². The van der Waals surface area contributed by atoms with Gasteiger partial charge < -0.3 is 15.0 Å². The molecule has 1 amide bonds. The second kappa shape index (κ2) is 11.2. The number of rotatable bonds is 2. The van der Waals surface area contributed by atoms with E-state index in [2.05, 4.69) is 15.1 Å². The third-order valence-electron chi connectivity index (χ3n) is 7.56. The van der Waals surface area contributed by atoms with Gasteiger partial charge >= 0.3 is 6.09 Å². The fraction of sp³-hybridized carbons (Fsp3) is 0.957. The predicted octanol–water partition coefficient (Wildman–Crippen LogP) is 4.08. The summed E-state index contributed by atoms with van der Waals surface area (Å²) in [5, 5.41) is 3.52. The average molecular weight is 514 g/mol. The summed E-state index contributed by atoms with van der Waals surface area (Å²) in [7, 11) is 0. The Hall–Kier alpha value is 0.0200. The van der Waals surface area contributed by atoms with E-state index in [0.717, 1.165) is 37.3 Å². The van der Waals surface area contributed by atoms with Crippen molar-refractivity contribution in [1.82, 2.24) is 20.0 Å². The Balaban J connectivity index is 0.000000225. The molecule has 6 aliphatic rings. The molecule has 6 rings (SSSR count). The normalized spacial score (nSPS) is 33.8. The van der Waals surface area contributed by atoms with Crippen LogP contribution in [0.5, 0.6) is 0 Å². The average Bonchev–Trinajstić information content (AvgIpc) is 3.58. The topological polar surface area (TPSA) is 48.1 Å². The van der Waals surface area contributed by atoms with Crippen molar-refractivity contribution >= 4 is 43.3 Å². The molecule has 4 bridgehead atoms. The van der Waals surface area contributed by atoms with Gasteiger partial charge in [-0.3, -0.25) is 9.80 Å². The van der Waals surface area contributed by atoms with E-state index in [-0.39, 0.29) is 48.9 Å². The van der Waals surface area contributed by atoms with Gasteiger partial charge in [0.15, 0.2) is 0 Å². The first-order chi connectivity index (χ1) is 13.9. The summed E-state index contributed by atoms with van der Waals surface area (Å²) in [4.78, 5) is 19.5. The van der Waals surface area contributed by atoms with Gasteiger partial charge in [-0.05, 0) is 72.1 Å². The highest BCUT2D eigenvalue weighted by Crippen LogP contribution is 2.40. The Bertz CT molecular complexity index is 597. The number of fused-ring (bicyclic) bond motifs is 4. The van der Waals surface area contributed by atoms with Crippen molar-refractivity contribution < 1.29 is 9.53 Å². The van der Waals surface area contributed by atoms with Crippen LogP contribution in [0.15, 0.2) is 0 Å². The number of hydrogen-bond donors (Lipinski definition) is 1. The Morgan fingerprint density at radius 3 is 1.47 bits per heavy atom. The van der Waals surface area contributed by atoms with Gasteiger partial charge in [-0.15, -0.1) is 37.2 Å². The van der Waals surface area contributed by atoms with Crippen molar-refractivity contribution in [3.05, 3.63) is 0 Å². The summed E-state index contributed by atoms with van der Waals surface area (Å²) >= 11 is 0. The third kappa shape index (κ3) is 6.37. The monoisotopic (exact) mass is 512 g/mol. The number of halogens is 3. The molecule has 0 aromatic rings. The number of ether oxygens (including phenoxy) is 1. The van der Waals surface area contributed by atoms with Gasteiger partial charge in [-0.2, -0.15) is 0 Å². The second-order valence-corrected chi connectivity index (χ2v) is 11.2. The molecule has 4 atom stereocenters. The van der Waals surface area contributed by atoms with E-state index in [1.165, 1.54) is 64.5 Å². The molecule has 1 N–H and O–H groups in total. The molecule has 0 radical (unpaired) electrons. The summed E-state index contributed by atoms with van der Waals surface area (Å²) in [5.74, 6) is 0. The summed E-state index contributed by atoms with van der Waals surface area (Å²) in [6, 6.07) is 4.80. The van der Waals surface area contributed by atoms with Gasteiger partial charge in [0.2, 0.25) is 0 Å². The van der Waals surface area contributed by atoms with Crippen molar-refractivity contribution in [3.63, 3.8) is 0 Å². The van der Waals surface area contributed by atoms with E-state index in [4.69, 9.17) is 4.74 Å². The molecule has 2 aliphatic carbocycles. The highest BCUT2D eigenvalue weighted by atomic mass is 35.5. The number of hydrogen-bond acceptors (Lipinski definition) is 5. The van der Waals surface area contributed by atoms with Crippen LogP contribution in [0.4, 0.5) is 4.79 Å². The van der Waals surface area contributed by atoms with Crippen molar-refractivity contribution in [3.8, 4) is 0 Å². The molecule has 0 spiro atoms. The quantitative estimate of drug-likeness (QED) is 0.603. The van der Waals surface area contributed by atoms with E-state index >= 15 is 0 Å². The van der Waals surface area contributed by atoms with Gasteiger partial charge in [0, 0.05) is 62.4 Å². The fourth-order valence-electron chi connectivity index (χ4n) is 6.16. The number of piperazine rings is 2. The summed E-state index contributed by atoms with van der Waals surface area (Å²) in [5.41, 5.74) is -0.385. The molecule has 0 aromatic heterocycles. The van der Waals surface area contributed by atoms with E-state index in [9.17, 15) is 4.79 Å². The lowest BCUT2D eigenvalue weighted by Gasteiger charge is -2.41. The van der Waals surface area contributed by atoms with Crippen LogP contribution < -0.4 is 5.32 Å². The largest absolute Gasteiger partial charge is 0.444 e. The van der Waals surface area contributed by atoms with E-state index < -0.39 is 0 Å². The number of carbonyl (C=O) groups is 1. The molecule has 9 heteroatoms. The van der Waals surface area contributed by atoms with Crippen LogP contribution in [0.25, 0.3) is 0 Å². The molecule has 32 heavy (non-hydrogen) atoms. The first-order valence-electron chi connectivity index (χ1n) is 12.1. The highest BCUT2D eigenvalue weighted by Gasteiger charge is 2.48. The number of nitrogens with one attached hydrogen (secondary N) is 1. The molecular weight excluding hydrogens is 471 g/mol. The molecule has 4 saturated heterocycles. The maximum absolute atomic E-state index is 12.1. The van der Waals surface area contributed by atoms with Crippen LogP contribution in [0.1, 0.15) is 72.1 Å². The van der Waals surface area contributed by atoms with Crippen molar-refractivity contribution in [2.75, 3.05) is 26.2 Å². The standard InChI is InChI=1S/C14H24N2O2.C9H16N2.3ClH/c1-14(2,3)18-13(17)15-8-11-6-7-12(9-15)16(11)10-4-5-10;1-2-7(1)11-8-3-4-9(11)6-10-5-8;;;/h10-12H,4-9H2,1-3H3;7-10H,1-6H2;3*1H. The molecule has 0 aromatic carbocycles. The van der Waals surface area contributed by atoms with Crippen LogP contribution in [0, 0.1) is 0 Å². The maximum atomic E-state index is 12.1. The molecule has 4 aliphatic heterocycles. The van der Waals surface area contributed by atoms with E-state index in [1.807, 2.05) is 25.7 Å². The zero-order chi connectivity index (χ0) is 20.2. The van der Waals surface area contributed by atoms with Gasteiger partial charge in [-0.1, -0.05) is 0 Å². The number of likely N-dealkylation sites (tertiary alicyclic amines) is 1. The van der Waals surface area contributed by atoms with E-state index in [0.29, 0.717) is 12.1 Å².